The summed E-state index contributed by atoms with van der Waals surface area (Å²) in [6.07, 6.45) is 0. The van der Waals surface area contributed by atoms with Crippen molar-refractivity contribution in [1.82, 2.24) is 9.80 Å². The Labute approximate surface area is 128 Å². The Bertz CT molecular complexity index is 444. The van der Waals surface area contributed by atoms with Gasteiger partial charge in [-0.3, -0.25) is 9.80 Å². The van der Waals surface area contributed by atoms with E-state index in [2.05, 4.69) is 56.9 Å². The molecule has 1 fully saturated rings. The van der Waals surface area contributed by atoms with E-state index in [1.54, 1.807) is 0 Å². The van der Waals surface area contributed by atoms with Crippen LogP contribution in [0, 0.1) is 0 Å². The van der Waals surface area contributed by atoms with Crippen LogP contribution in [0.1, 0.15) is 12.5 Å². The van der Waals surface area contributed by atoms with E-state index in [-0.39, 0.29) is 6.04 Å². The lowest BCUT2D eigenvalue weighted by molar-refractivity contribution is 0.117. The van der Waals surface area contributed by atoms with Gasteiger partial charge in [0.1, 0.15) is 0 Å². The molecule has 5 heteroatoms. The van der Waals surface area contributed by atoms with E-state index in [4.69, 9.17) is 18.0 Å². The summed E-state index contributed by atoms with van der Waals surface area (Å²) in [6, 6.07) is 8.62. The Hall–Kier alpha value is -0.490. The first kappa shape index (κ1) is 14.9. The van der Waals surface area contributed by atoms with Gasteiger partial charge in [-0.1, -0.05) is 46.3 Å². The number of piperazine rings is 1. The normalized spacial score (nSPS) is 19.3. The zero-order chi connectivity index (χ0) is 13.8. The molecular formula is C14H20BrN3S. The van der Waals surface area contributed by atoms with Crippen LogP contribution < -0.4 is 5.73 Å². The maximum absolute atomic E-state index is 5.71. The quantitative estimate of drug-likeness (QED) is 0.851. The minimum absolute atomic E-state index is 0.209. The Morgan fingerprint density at radius 2 is 1.95 bits per heavy atom. The molecule has 1 aromatic rings. The van der Waals surface area contributed by atoms with Crippen LogP contribution in [0.15, 0.2) is 28.7 Å². The van der Waals surface area contributed by atoms with Crippen LogP contribution in [0.5, 0.6) is 0 Å². The molecule has 0 amide bonds. The minimum atomic E-state index is 0.209. The molecule has 104 valence electrons. The van der Waals surface area contributed by atoms with Crippen molar-refractivity contribution in [2.75, 3.05) is 26.2 Å². The van der Waals surface area contributed by atoms with Gasteiger partial charge in [0.2, 0.25) is 0 Å². The highest BCUT2D eigenvalue weighted by atomic mass is 79.9. The molecule has 1 atom stereocenters. The van der Waals surface area contributed by atoms with Gasteiger partial charge in [-0.2, -0.15) is 0 Å². The second kappa shape index (κ2) is 6.79. The molecule has 1 aromatic carbocycles. The fraction of sp³-hybridized carbons (Fsp3) is 0.500. The zero-order valence-electron chi connectivity index (χ0n) is 11.2. The largest absolute Gasteiger partial charge is 0.392 e. The number of benzene rings is 1. The number of nitrogens with zero attached hydrogens (tertiary/aromatic N) is 2. The number of halogens is 1. The van der Waals surface area contributed by atoms with Crippen LogP contribution in [0.4, 0.5) is 0 Å². The van der Waals surface area contributed by atoms with Crippen molar-refractivity contribution in [2.24, 2.45) is 5.73 Å². The third-order valence-electron chi connectivity index (χ3n) is 3.72. The Morgan fingerprint density at radius 1 is 1.32 bits per heavy atom. The molecule has 1 unspecified atom stereocenters. The van der Waals surface area contributed by atoms with Gasteiger partial charge < -0.3 is 5.73 Å². The van der Waals surface area contributed by atoms with Gasteiger partial charge >= 0.3 is 0 Å². The molecule has 0 bridgehead atoms. The smallest absolute Gasteiger partial charge is 0.0899 e. The average Bonchev–Trinajstić information content (AvgIpc) is 2.41. The van der Waals surface area contributed by atoms with Crippen LogP contribution in [-0.2, 0) is 6.54 Å². The van der Waals surface area contributed by atoms with Crippen molar-refractivity contribution >= 4 is 33.1 Å². The monoisotopic (exact) mass is 341 g/mol. The molecule has 0 aliphatic carbocycles. The standard InChI is InChI=1S/C14H20BrN3S/c1-11(14(16)19)18-8-6-17(7-9-18)10-12-4-2-3-5-13(12)15/h2-5,11H,6-10H2,1H3,(H2,16,19). The van der Waals surface area contributed by atoms with E-state index >= 15 is 0 Å². The molecular weight excluding hydrogens is 322 g/mol. The molecule has 1 heterocycles. The fourth-order valence-electron chi connectivity index (χ4n) is 2.36. The van der Waals surface area contributed by atoms with Crippen molar-refractivity contribution in [2.45, 2.75) is 19.5 Å². The molecule has 3 nitrogen and oxygen atoms in total. The third-order valence-corrected chi connectivity index (χ3v) is 4.83. The zero-order valence-corrected chi connectivity index (χ0v) is 13.6. The van der Waals surface area contributed by atoms with E-state index in [9.17, 15) is 0 Å². The summed E-state index contributed by atoms with van der Waals surface area (Å²) in [5, 5.41) is 0. The summed E-state index contributed by atoms with van der Waals surface area (Å²) in [7, 11) is 0. The lowest BCUT2D eigenvalue weighted by atomic mass is 10.2. The summed E-state index contributed by atoms with van der Waals surface area (Å²) >= 11 is 8.67. The molecule has 19 heavy (non-hydrogen) atoms. The Kier molecular flexibility index (Phi) is 5.33. The first-order valence-corrected chi connectivity index (χ1v) is 7.77. The number of hydrogen-bond donors (Lipinski definition) is 1. The molecule has 2 rings (SSSR count). The molecule has 0 radical (unpaired) electrons. The van der Waals surface area contributed by atoms with Crippen molar-refractivity contribution in [1.29, 1.82) is 0 Å². The molecule has 1 saturated heterocycles. The number of nitrogens with two attached hydrogens (primary N) is 1. The van der Waals surface area contributed by atoms with Gasteiger partial charge in [0.15, 0.2) is 0 Å². The van der Waals surface area contributed by atoms with E-state index in [0.29, 0.717) is 4.99 Å². The highest BCUT2D eigenvalue weighted by Gasteiger charge is 2.22. The Balaban J connectivity index is 1.87. The van der Waals surface area contributed by atoms with Crippen molar-refractivity contribution in [3.05, 3.63) is 34.3 Å². The lowest BCUT2D eigenvalue weighted by Crippen LogP contribution is -2.52. The van der Waals surface area contributed by atoms with Gasteiger partial charge in [0.05, 0.1) is 11.0 Å². The van der Waals surface area contributed by atoms with Gasteiger partial charge in [0.25, 0.3) is 0 Å². The van der Waals surface area contributed by atoms with Crippen molar-refractivity contribution < 1.29 is 0 Å². The topological polar surface area (TPSA) is 32.5 Å². The van der Waals surface area contributed by atoms with Crippen LogP contribution >= 0.6 is 28.1 Å². The van der Waals surface area contributed by atoms with Gasteiger partial charge in [-0.05, 0) is 18.6 Å². The molecule has 1 aliphatic rings. The summed E-state index contributed by atoms with van der Waals surface area (Å²) in [4.78, 5) is 5.43. The summed E-state index contributed by atoms with van der Waals surface area (Å²) in [5.41, 5.74) is 7.06. The Morgan fingerprint density at radius 3 is 2.53 bits per heavy atom. The molecule has 0 aromatic heterocycles. The molecule has 2 N–H and O–H groups in total. The van der Waals surface area contributed by atoms with Crippen LogP contribution in [0.3, 0.4) is 0 Å². The average molecular weight is 342 g/mol. The van der Waals surface area contributed by atoms with Crippen molar-refractivity contribution in [3.63, 3.8) is 0 Å². The van der Waals surface area contributed by atoms with E-state index in [0.717, 1.165) is 32.7 Å². The first-order valence-electron chi connectivity index (χ1n) is 6.57. The van der Waals surface area contributed by atoms with E-state index in [1.165, 1.54) is 10.0 Å². The maximum atomic E-state index is 5.71. The molecule has 1 aliphatic heterocycles. The molecule has 0 spiro atoms. The third kappa shape index (κ3) is 3.99. The lowest BCUT2D eigenvalue weighted by Gasteiger charge is -2.37. The summed E-state index contributed by atoms with van der Waals surface area (Å²) in [5.74, 6) is 0. The highest BCUT2D eigenvalue weighted by Crippen LogP contribution is 2.18. The van der Waals surface area contributed by atoms with Gasteiger partial charge in [-0.25, -0.2) is 0 Å². The second-order valence-corrected chi connectivity index (χ2v) is 6.31. The number of thiocarbonyl (C=S) groups is 1. The summed E-state index contributed by atoms with van der Waals surface area (Å²) < 4.78 is 1.19. The number of rotatable bonds is 4. The SMILES string of the molecule is CC(C(N)=S)N1CCN(Cc2ccccc2Br)CC1. The molecule has 0 saturated carbocycles. The predicted octanol–water partition coefficient (Wildman–Crippen LogP) is 2.24. The minimum Gasteiger partial charge on any atom is -0.392 e. The number of hydrogen-bond acceptors (Lipinski definition) is 3. The maximum Gasteiger partial charge on any atom is 0.0899 e. The highest BCUT2D eigenvalue weighted by molar-refractivity contribution is 9.10. The summed E-state index contributed by atoms with van der Waals surface area (Å²) in [6.45, 7) is 7.27. The van der Waals surface area contributed by atoms with E-state index in [1.807, 2.05) is 0 Å². The van der Waals surface area contributed by atoms with Crippen LogP contribution in [0.2, 0.25) is 0 Å². The second-order valence-electron chi connectivity index (χ2n) is 4.98. The predicted molar refractivity (Wildman–Crippen MR) is 87.2 cm³/mol. The fourth-order valence-corrected chi connectivity index (χ4v) is 2.92. The van der Waals surface area contributed by atoms with Crippen molar-refractivity contribution in [3.8, 4) is 0 Å². The van der Waals surface area contributed by atoms with Gasteiger partial charge in [-0.15, -0.1) is 0 Å². The van der Waals surface area contributed by atoms with Crippen LogP contribution in [-0.4, -0.2) is 47.0 Å². The van der Waals surface area contributed by atoms with Crippen LogP contribution in [0.25, 0.3) is 0 Å². The van der Waals surface area contributed by atoms with Gasteiger partial charge in [0, 0.05) is 37.2 Å². The first-order chi connectivity index (χ1) is 9.08. The van der Waals surface area contributed by atoms with E-state index < -0.39 is 0 Å².